The molecule has 2 aromatic rings. The highest BCUT2D eigenvalue weighted by atomic mass is 15.5. The average Bonchev–Trinajstić information content (AvgIpc) is 2.79. The number of nitrogens with zero attached hydrogens (tertiary/aromatic N) is 4. The molecule has 0 amide bonds. The van der Waals surface area contributed by atoms with Crippen molar-refractivity contribution in [1.82, 2.24) is 25.5 Å². The van der Waals surface area contributed by atoms with Gasteiger partial charge in [0.15, 0.2) is 5.82 Å². The Kier molecular flexibility index (Phi) is 3.26. The Morgan fingerprint density at radius 1 is 1.31 bits per heavy atom. The van der Waals surface area contributed by atoms with Gasteiger partial charge in [0.25, 0.3) is 0 Å². The van der Waals surface area contributed by atoms with Gasteiger partial charge in [-0.3, -0.25) is 0 Å². The minimum absolute atomic E-state index is 0.139. The van der Waals surface area contributed by atoms with Gasteiger partial charge in [0.05, 0.1) is 11.7 Å². The average molecular weight is 217 g/mol. The molecule has 16 heavy (non-hydrogen) atoms. The number of para-hydroxylation sites is 1. The zero-order chi connectivity index (χ0) is 11.4. The molecule has 5 nitrogen and oxygen atoms in total. The smallest absolute Gasteiger partial charge is 0.173 e. The van der Waals surface area contributed by atoms with E-state index in [-0.39, 0.29) is 6.04 Å². The summed E-state index contributed by atoms with van der Waals surface area (Å²) < 4.78 is 1.76. The van der Waals surface area contributed by atoms with E-state index in [0.29, 0.717) is 0 Å². The SMILES string of the molecule is CCNC(C)c1nnnn1-c1ccccc1. The number of hydrogen-bond donors (Lipinski definition) is 1. The van der Waals surface area contributed by atoms with Gasteiger partial charge in [-0.25, -0.2) is 0 Å². The van der Waals surface area contributed by atoms with Gasteiger partial charge in [0.2, 0.25) is 0 Å². The molecule has 0 fully saturated rings. The minimum atomic E-state index is 0.139. The van der Waals surface area contributed by atoms with Gasteiger partial charge < -0.3 is 5.32 Å². The van der Waals surface area contributed by atoms with Crippen LogP contribution in [0.3, 0.4) is 0 Å². The van der Waals surface area contributed by atoms with E-state index in [0.717, 1.165) is 18.1 Å². The zero-order valence-corrected chi connectivity index (χ0v) is 9.46. The molecule has 0 aliphatic heterocycles. The van der Waals surface area contributed by atoms with Crippen molar-refractivity contribution in [3.8, 4) is 5.69 Å². The Bertz CT molecular complexity index is 437. The van der Waals surface area contributed by atoms with Crippen LogP contribution < -0.4 is 5.32 Å². The molecule has 1 aromatic heterocycles. The molecule has 0 aliphatic carbocycles. The molecule has 0 aliphatic rings. The third-order valence-electron chi connectivity index (χ3n) is 2.39. The van der Waals surface area contributed by atoms with Crippen LogP contribution in [0.5, 0.6) is 0 Å². The molecular formula is C11H15N5. The number of hydrogen-bond acceptors (Lipinski definition) is 4. The lowest BCUT2D eigenvalue weighted by Gasteiger charge is -2.11. The summed E-state index contributed by atoms with van der Waals surface area (Å²) in [6, 6.07) is 10.0. The fraction of sp³-hybridized carbons (Fsp3) is 0.364. The summed E-state index contributed by atoms with van der Waals surface area (Å²) in [4.78, 5) is 0. The molecule has 0 bridgehead atoms. The van der Waals surface area contributed by atoms with Crippen molar-refractivity contribution in [2.75, 3.05) is 6.54 Å². The quantitative estimate of drug-likeness (QED) is 0.839. The highest BCUT2D eigenvalue weighted by molar-refractivity contribution is 5.30. The first-order chi connectivity index (χ1) is 7.83. The third kappa shape index (κ3) is 2.09. The maximum atomic E-state index is 4.05. The standard InChI is InChI=1S/C11H15N5/c1-3-12-9(2)11-13-14-15-16(11)10-7-5-4-6-8-10/h4-9,12H,3H2,1-2H3. The molecule has 1 unspecified atom stereocenters. The monoisotopic (exact) mass is 217 g/mol. The summed E-state index contributed by atoms with van der Waals surface area (Å²) in [5, 5.41) is 15.1. The predicted molar refractivity (Wildman–Crippen MR) is 61.2 cm³/mol. The molecule has 0 radical (unpaired) electrons. The number of tetrazole rings is 1. The van der Waals surface area contributed by atoms with Crippen LogP contribution in [0.4, 0.5) is 0 Å². The molecule has 1 aromatic carbocycles. The van der Waals surface area contributed by atoms with Crippen LogP contribution in [0, 0.1) is 0 Å². The Morgan fingerprint density at radius 3 is 2.75 bits per heavy atom. The number of aromatic nitrogens is 4. The Balaban J connectivity index is 2.33. The summed E-state index contributed by atoms with van der Waals surface area (Å²) >= 11 is 0. The van der Waals surface area contributed by atoms with E-state index < -0.39 is 0 Å². The van der Waals surface area contributed by atoms with E-state index in [4.69, 9.17) is 0 Å². The van der Waals surface area contributed by atoms with Crippen molar-refractivity contribution in [1.29, 1.82) is 0 Å². The lowest BCUT2D eigenvalue weighted by molar-refractivity contribution is 0.550. The molecule has 1 N–H and O–H groups in total. The largest absolute Gasteiger partial charge is 0.308 e. The fourth-order valence-corrected chi connectivity index (χ4v) is 1.61. The first-order valence-corrected chi connectivity index (χ1v) is 5.40. The van der Waals surface area contributed by atoms with Crippen molar-refractivity contribution < 1.29 is 0 Å². The summed E-state index contributed by atoms with van der Waals surface area (Å²) in [5.41, 5.74) is 0.979. The van der Waals surface area contributed by atoms with Crippen LogP contribution in [0.2, 0.25) is 0 Å². The van der Waals surface area contributed by atoms with Gasteiger partial charge in [-0.2, -0.15) is 4.68 Å². The molecular weight excluding hydrogens is 202 g/mol. The molecule has 1 heterocycles. The second-order valence-corrected chi connectivity index (χ2v) is 3.56. The highest BCUT2D eigenvalue weighted by Gasteiger charge is 2.13. The highest BCUT2D eigenvalue weighted by Crippen LogP contribution is 2.12. The van der Waals surface area contributed by atoms with Crippen molar-refractivity contribution in [2.45, 2.75) is 19.9 Å². The van der Waals surface area contributed by atoms with Crippen molar-refractivity contribution >= 4 is 0 Å². The first-order valence-electron chi connectivity index (χ1n) is 5.40. The third-order valence-corrected chi connectivity index (χ3v) is 2.39. The second-order valence-electron chi connectivity index (χ2n) is 3.56. The molecule has 0 saturated carbocycles. The second kappa shape index (κ2) is 4.85. The molecule has 0 spiro atoms. The summed E-state index contributed by atoms with van der Waals surface area (Å²) in [6.45, 7) is 5.00. The topological polar surface area (TPSA) is 55.6 Å². The van der Waals surface area contributed by atoms with E-state index in [2.05, 4.69) is 34.7 Å². The van der Waals surface area contributed by atoms with Gasteiger partial charge in [-0.1, -0.05) is 25.1 Å². The van der Waals surface area contributed by atoms with E-state index >= 15 is 0 Å². The van der Waals surface area contributed by atoms with Crippen LogP contribution in [0.15, 0.2) is 30.3 Å². The Morgan fingerprint density at radius 2 is 2.06 bits per heavy atom. The predicted octanol–water partition coefficient (Wildman–Crippen LogP) is 1.33. The minimum Gasteiger partial charge on any atom is -0.308 e. The Labute approximate surface area is 94.5 Å². The molecule has 84 valence electrons. The maximum Gasteiger partial charge on any atom is 0.173 e. The van der Waals surface area contributed by atoms with E-state index in [1.165, 1.54) is 0 Å². The van der Waals surface area contributed by atoms with E-state index in [1.54, 1.807) is 4.68 Å². The molecule has 1 atom stereocenters. The van der Waals surface area contributed by atoms with Crippen LogP contribution in [-0.4, -0.2) is 26.8 Å². The van der Waals surface area contributed by atoms with Crippen molar-refractivity contribution in [3.05, 3.63) is 36.2 Å². The van der Waals surface area contributed by atoms with Crippen LogP contribution in [0.1, 0.15) is 25.7 Å². The molecule has 2 rings (SSSR count). The zero-order valence-electron chi connectivity index (χ0n) is 9.46. The van der Waals surface area contributed by atoms with Gasteiger partial charge >= 0.3 is 0 Å². The maximum absolute atomic E-state index is 4.05. The number of rotatable bonds is 4. The number of nitrogens with one attached hydrogen (secondary N) is 1. The van der Waals surface area contributed by atoms with Crippen molar-refractivity contribution in [2.24, 2.45) is 0 Å². The molecule has 0 saturated heterocycles. The van der Waals surface area contributed by atoms with Crippen LogP contribution >= 0.6 is 0 Å². The first kappa shape index (κ1) is 10.8. The van der Waals surface area contributed by atoms with Crippen LogP contribution in [-0.2, 0) is 0 Å². The number of benzene rings is 1. The van der Waals surface area contributed by atoms with E-state index in [9.17, 15) is 0 Å². The summed E-state index contributed by atoms with van der Waals surface area (Å²) in [5.74, 6) is 0.827. The van der Waals surface area contributed by atoms with Gasteiger partial charge in [-0.15, -0.1) is 5.10 Å². The van der Waals surface area contributed by atoms with Gasteiger partial charge in [-0.05, 0) is 36.0 Å². The van der Waals surface area contributed by atoms with Gasteiger partial charge in [0, 0.05) is 0 Å². The van der Waals surface area contributed by atoms with Gasteiger partial charge in [0.1, 0.15) is 0 Å². The van der Waals surface area contributed by atoms with Crippen LogP contribution in [0.25, 0.3) is 5.69 Å². The Hall–Kier alpha value is -1.75. The lowest BCUT2D eigenvalue weighted by atomic mass is 10.3. The normalized spacial score (nSPS) is 12.6. The summed E-state index contributed by atoms with van der Waals surface area (Å²) in [7, 11) is 0. The lowest BCUT2D eigenvalue weighted by Crippen LogP contribution is -2.21. The molecule has 5 heteroatoms. The summed E-state index contributed by atoms with van der Waals surface area (Å²) in [6.07, 6.45) is 0. The fourth-order valence-electron chi connectivity index (χ4n) is 1.61. The van der Waals surface area contributed by atoms with E-state index in [1.807, 2.05) is 30.3 Å². The van der Waals surface area contributed by atoms with Crippen molar-refractivity contribution in [3.63, 3.8) is 0 Å².